The molecule has 7 heteroatoms. The Kier molecular flexibility index (Phi) is 6.11. The zero-order chi connectivity index (χ0) is 20.9. The number of carbonyl (C=O) groups excluding carboxylic acids is 2. The van der Waals surface area contributed by atoms with Gasteiger partial charge in [-0.25, -0.2) is 4.79 Å². The van der Waals surface area contributed by atoms with E-state index in [-0.39, 0.29) is 24.4 Å². The lowest BCUT2D eigenvalue weighted by molar-refractivity contribution is -0.121. The second-order valence-corrected chi connectivity index (χ2v) is 7.13. The monoisotopic (exact) mass is 408 g/mol. The van der Waals surface area contributed by atoms with E-state index in [1.54, 1.807) is 31.2 Å². The Bertz CT molecular complexity index is 1030. The molecule has 4 rings (SSSR count). The van der Waals surface area contributed by atoms with Crippen molar-refractivity contribution in [1.82, 2.24) is 5.32 Å². The van der Waals surface area contributed by atoms with Gasteiger partial charge in [0.15, 0.2) is 0 Å². The first-order valence-corrected chi connectivity index (χ1v) is 10.0. The van der Waals surface area contributed by atoms with Gasteiger partial charge in [-0.2, -0.15) is 0 Å². The second-order valence-electron chi connectivity index (χ2n) is 7.13. The van der Waals surface area contributed by atoms with Gasteiger partial charge < -0.3 is 24.5 Å². The van der Waals surface area contributed by atoms with E-state index in [0.717, 1.165) is 18.5 Å². The molecule has 1 aliphatic rings. The Morgan fingerprint density at radius 1 is 1.17 bits per heavy atom. The van der Waals surface area contributed by atoms with Crippen LogP contribution in [0.4, 0.5) is 5.69 Å². The summed E-state index contributed by atoms with van der Waals surface area (Å²) in [5, 5.41) is 6.86. The molecule has 1 amide bonds. The standard InChI is InChI=1S/C23H24N2O5/c1-2-28-23(27)20-13-16-12-17(8-9-18(16)30-20)25-22(26)21-19(10-11-24-21)29-14-15-6-4-3-5-7-15/h3-9,12-13,19,21,24H,2,10-11,14H2,1H3,(H,25,26)/t19-,21-/m1/s1. The van der Waals surface area contributed by atoms with E-state index in [2.05, 4.69) is 10.6 Å². The minimum absolute atomic E-state index is 0.141. The summed E-state index contributed by atoms with van der Waals surface area (Å²) in [7, 11) is 0. The number of benzene rings is 2. The summed E-state index contributed by atoms with van der Waals surface area (Å²) < 4.78 is 16.5. The number of hydrogen-bond acceptors (Lipinski definition) is 6. The van der Waals surface area contributed by atoms with Crippen LogP contribution in [0.2, 0.25) is 0 Å². The van der Waals surface area contributed by atoms with Crippen LogP contribution in [0.3, 0.4) is 0 Å². The second kappa shape index (κ2) is 9.11. The Labute approximate surface area is 174 Å². The van der Waals surface area contributed by atoms with Gasteiger partial charge in [-0.3, -0.25) is 4.79 Å². The van der Waals surface area contributed by atoms with Crippen molar-refractivity contribution in [2.45, 2.75) is 32.1 Å². The number of amides is 1. The van der Waals surface area contributed by atoms with Crippen LogP contribution in [0.25, 0.3) is 11.0 Å². The fraction of sp³-hybridized carbons (Fsp3) is 0.304. The molecule has 0 unspecified atom stereocenters. The summed E-state index contributed by atoms with van der Waals surface area (Å²) >= 11 is 0. The summed E-state index contributed by atoms with van der Waals surface area (Å²) in [5.74, 6) is -0.519. The third-order valence-electron chi connectivity index (χ3n) is 5.01. The van der Waals surface area contributed by atoms with Gasteiger partial charge in [-0.05, 0) is 49.7 Å². The van der Waals surface area contributed by atoms with E-state index in [0.29, 0.717) is 23.3 Å². The number of ether oxygens (including phenoxy) is 2. The zero-order valence-corrected chi connectivity index (χ0v) is 16.7. The molecule has 0 radical (unpaired) electrons. The molecule has 1 fully saturated rings. The molecule has 0 bridgehead atoms. The van der Waals surface area contributed by atoms with Crippen molar-refractivity contribution >= 4 is 28.5 Å². The SMILES string of the molecule is CCOC(=O)c1cc2cc(NC(=O)[C@@H]3NCC[C@H]3OCc3ccccc3)ccc2o1. The molecule has 30 heavy (non-hydrogen) atoms. The molecule has 0 aliphatic carbocycles. The Morgan fingerprint density at radius 2 is 2.00 bits per heavy atom. The van der Waals surface area contributed by atoms with Crippen LogP contribution in [0.15, 0.2) is 59.0 Å². The molecule has 0 saturated carbocycles. The predicted octanol–water partition coefficient (Wildman–Crippen LogP) is 3.50. The van der Waals surface area contributed by atoms with Crippen molar-refractivity contribution in [3.8, 4) is 0 Å². The molecule has 1 saturated heterocycles. The lowest BCUT2D eigenvalue weighted by atomic mass is 10.1. The van der Waals surface area contributed by atoms with Crippen molar-refractivity contribution in [2.24, 2.45) is 0 Å². The fourth-order valence-corrected chi connectivity index (χ4v) is 3.54. The van der Waals surface area contributed by atoms with Gasteiger partial charge in [0.05, 0.1) is 19.3 Å². The summed E-state index contributed by atoms with van der Waals surface area (Å²) in [6, 6.07) is 16.3. The molecule has 1 aliphatic heterocycles. The highest BCUT2D eigenvalue weighted by molar-refractivity contribution is 5.98. The molecular weight excluding hydrogens is 384 g/mol. The highest BCUT2D eigenvalue weighted by Gasteiger charge is 2.33. The molecule has 2 atom stereocenters. The number of hydrogen-bond donors (Lipinski definition) is 2. The molecule has 2 N–H and O–H groups in total. The largest absolute Gasteiger partial charge is 0.460 e. The Balaban J connectivity index is 1.40. The molecule has 1 aromatic heterocycles. The summed E-state index contributed by atoms with van der Waals surface area (Å²) in [6.45, 7) is 3.21. The van der Waals surface area contributed by atoms with Crippen molar-refractivity contribution < 1.29 is 23.5 Å². The Morgan fingerprint density at radius 3 is 2.80 bits per heavy atom. The lowest BCUT2D eigenvalue weighted by Crippen LogP contribution is -2.43. The van der Waals surface area contributed by atoms with Crippen molar-refractivity contribution in [2.75, 3.05) is 18.5 Å². The third kappa shape index (κ3) is 4.53. The number of anilines is 1. The molecule has 0 spiro atoms. The maximum atomic E-state index is 12.8. The van der Waals surface area contributed by atoms with Crippen LogP contribution in [0.1, 0.15) is 29.5 Å². The van der Waals surface area contributed by atoms with Crippen LogP contribution in [-0.2, 0) is 20.9 Å². The van der Waals surface area contributed by atoms with E-state index in [9.17, 15) is 9.59 Å². The van der Waals surface area contributed by atoms with Crippen molar-refractivity contribution in [3.05, 3.63) is 65.9 Å². The molecule has 7 nitrogen and oxygen atoms in total. The third-order valence-corrected chi connectivity index (χ3v) is 5.01. The van der Waals surface area contributed by atoms with Crippen LogP contribution in [-0.4, -0.2) is 37.2 Å². The minimum Gasteiger partial charge on any atom is -0.460 e. The maximum Gasteiger partial charge on any atom is 0.374 e. The smallest absolute Gasteiger partial charge is 0.374 e. The minimum atomic E-state index is -0.507. The average molecular weight is 408 g/mol. The quantitative estimate of drug-likeness (QED) is 0.582. The van der Waals surface area contributed by atoms with Gasteiger partial charge in [0.2, 0.25) is 11.7 Å². The zero-order valence-electron chi connectivity index (χ0n) is 16.7. The number of furan rings is 1. The Hall–Kier alpha value is -3.16. The average Bonchev–Trinajstić information content (AvgIpc) is 3.40. The summed E-state index contributed by atoms with van der Waals surface area (Å²) in [6.07, 6.45) is 0.576. The number of fused-ring (bicyclic) bond motifs is 1. The summed E-state index contributed by atoms with van der Waals surface area (Å²) in [5.41, 5.74) is 2.25. The number of carbonyl (C=O) groups is 2. The van der Waals surface area contributed by atoms with E-state index in [1.165, 1.54) is 0 Å². The van der Waals surface area contributed by atoms with Crippen LogP contribution < -0.4 is 10.6 Å². The molecule has 156 valence electrons. The van der Waals surface area contributed by atoms with Gasteiger partial charge in [0, 0.05) is 11.1 Å². The number of nitrogens with one attached hydrogen (secondary N) is 2. The normalized spacial score (nSPS) is 18.4. The van der Waals surface area contributed by atoms with E-state index in [4.69, 9.17) is 13.9 Å². The first-order valence-electron chi connectivity index (χ1n) is 10.0. The van der Waals surface area contributed by atoms with Crippen molar-refractivity contribution in [3.63, 3.8) is 0 Å². The maximum absolute atomic E-state index is 12.8. The van der Waals surface area contributed by atoms with E-state index in [1.807, 2.05) is 30.3 Å². The first-order chi connectivity index (χ1) is 14.6. The van der Waals surface area contributed by atoms with E-state index < -0.39 is 12.0 Å². The van der Waals surface area contributed by atoms with Gasteiger partial charge in [-0.1, -0.05) is 30.3 Å². The van der Waals surface area contributed by atoms with Gasteiger partial charge in [0.25, 0.3) is 0 Å². The molecule has 2 heterocycles. The van der Waals surface area contributed by atoms with Crippen LogP contribution in [0.5, 0.6) is 0 Å². The number of esters is 1. The first kappa shape index (κ1) is 20.1. The summed E-state index contributed by atoms with van der Waals surface area (Å²) in [4.78, 5) is 24.7. The van der Waals surface area contributed by atoms with Gasteiger partial charge >= 0.3 is 5.97 Å². The highest BCUT2D eigenvalue weighted by atomic mass is 16.5. The predicted molar refractivity (Wildman–Crippen MR) is 112 cm³/mol. The van der Waals surface area contributed by atoms with Crippen molar-refractivity contribution in [1.29, 1.82) is 0 Å². The van der Waals surface area contributed by atoms with E-state index >= 15 is 0 Å². The molecule has 2 aromatic carbocycles. The highest BCUT2D eigenvalue weighted by Crippen LogP contribution is 2.24. The number of rotatable bonds is 7. The van der Waals surface area contributed by atoms with Crippen LogP contribution in [0, 0.1) is 0 Å². The molecular formula is C23H24N2O5. The topological polar surface area (TPSA) is 89.8 Å². The fourth-order valence-electron chi connectivity index (χ4n) is 3.54. The molecule has 3 aromatic rings. The lowest BCUT2D eigenvalue weighted by Gasteiger charge is -2.20. The van der Waals surface area contributed by atoms with Crippen LogP contribution >= 0.6 is 0 Å². The van der Waals surface area contributed by atoms with Gasteiger partial charge in [0.1, 0.15) is 11.6 Å². The van der Waals surface area contributed by atoms with Gasteiger partial charge in [-0.15, -0.1) is 0 Å².